The maximum Gasteiger partial charge on any atom is 0.254 e. The molecule has 25 heavy (non-hydrogen) atoms. The Hall–Kier alpha value is -1.91. The highest BCUT2D eigenvalue weighted by atomic mass is 19.1. The lowest BCUT2D eigenvalue weighted by atomic mass is 9.96. The molecular weight excluding hydrogens is 319 g/mol. The van der Waals surface area contributed by atoms with E-state index in [1.165, 1.54) is 6.07 Å². The zero-order valence-corrected chi connectivity index (χ0v) is 15.1. The fraction of sp³-hybridized carbons (Fsp3) is 0.600. The normalized spacial score (nSPS) is 23.3. The number of carbonyl (C=O) groups excluding carboxylic acids is 2. The summed E-state index contributed by atoms with van der Waals surface area (Å²) in [6, 6.07) is 4.92. The molecule has 1 aromatic rings. The average Bonchev–Trinajstić information content (AvgIpc) is 3.25. The van der Waals surface area contributed by atoms with Crippen molar-refractivity contribution in [2.45, 2.75) is 52.0 Å². The Bertz CT molecular complexity index is 661. The zero-order valence-electron chi connectivity index (χ0n) is 15.1. The van der Waals surface area contributed by atoms with Crippen LogP contribution in [0.2, 0.25) is 0 Å². The molecular formula is C20H27FN2O2. The third-order valence-electron chi connectivity index (χ3n) is 5.64. The highest BCUT2D eigenvalue weighted by Gasteiger charge is 2.39. The Morgan fingerprint density at radius 1 is 1.24 bits per heavy atom. The topological polar surface area (TPSA) is 40.6 Å². The van der Waals surface area contributed by atoms with Gasteiger partial charge in [0, 0.05) is 37.7 Å². The molecule has 2 aliphatic heterocycles. The second-order valence-corrected chi connectivity index (χ2v) is 7.26. The molecule has 2 saturated heterocycles. The molecule has 3 rings (SSSR count). The first-order valence-corrected chi connectivity index (χ1v) is 9.36. The van der Waals surface area contributed by atoms with E-state index < -0.39 is 0 Å². The Balaban J connectivity index is 1.68. The predicted octanol–water partition coefficient (Wildman–Crippen LogP) is 3.39. The fourth-order valence-electron chi connectivity index (χ4n) is 4.25. The van der Waals surface area contributed by atoms with E-state index >= 15 is 0 Å². The summed E-state index contributed by atoms with van der Waals surface area (Å²) in [6.07, 6.45) is 4.47. The Morgan fingerprint density at radius 3 is 2.80 bits per heavy atom. The van der Waals surface area contributed by atoms with Crippen molar-refractivity contribution in [3.63, 3.8) is 0 Å². The van der Waals surface area contributed by atoms with Crippen LogP contribution in [0.5, 0.6) is 0 Å². The van der Waals surface area contributed by atoms with Gasteiger partial charge in [0.15, 0.2) is 0 Å². The van der Waals surface area contributed by atoms with Crippen molar-refractivity contribution in [3.05, 3.63) is 35.1 Å². The number of hydrogen-bond acceptors (Lipinski definition) is 2. The standard InChI is InChI=1S/C20H27FN2O2/c1-3-6-19(24)23-11-5-9-18(23)15-10-12-22(13-15)20(25)16-7-4-8-17(21)14(16)2/h4,7-8,15,18H,3,5-6,9-13H2,1-2H3. The molecule has 0 radical (unpaired) electrons. The van der Waals surface area contributed by atoms with Gasteiger partial charge in [-0.25, -0.2) is 4.39 Å². The molecule has 4 nitrogen and oxygen atoms in total. The average molecular weight is 346 g/mol. The smallest absolute Gasteiger partial charge is 0.254 e. The van der Waals surface area contributed by atoms with Crippen molar-refractivity contribution in [2.75, 3.05) is 19.6 Å². The SMILES string of the molecule is CCCC(=O)N1CCCC1C1CCN(C(=O)c2cccc(F)c2C)C1. The van der Waals surface area contributed by atoms with E-state index in [0.717, 1.165) is 32.2 Å². The van der Waals surface area contributed by atoms with Crippen LogP contribution >= 0.6 is 0 Å². The molecule has 2 amide bonds. The quantitative estimate of drug-likeness (QED) is 0.838. The van der Waals surface area contributed by atoms with Crippen molar-refractivity contribution in [3.8, 4) is 0 Å². The van der Waals surface area contributed by atoms with E-state index in [1.54, 1.807) is 19.1 Å². The van der Waals surface area contributed by atoms with Crippen LogP contribution in [0, 0.1) is 18.7 Å². The number of halogens is 1. The first kappa shape index (κ1) is 17.9. The summed E-state index contributed by atoms with van der Waals surface area (Å²) >= 11 is 0. The largest absolute Gasteiger partial charge is 0.339 e. The third kappa shape index (κ3) is 3.55. The highest BCUT2D eigenvalue weighted by molar-refractivity contribution is 5.95. The van der Waals surface area contributed by atoms with Gasteiger partial charge in [0.05, 0.1) is 0 Å². The summed E-state index contributed by atoms with van der Waals surface area (Å²) in [6.45, 7) is 5.87. The van der Waals surface area contributed by atoms with E-state index in [2.05, 4.69) is 0 Å². The first-order valence-electron chi connectivity index (χ1n) is 9.36. The molecule has 2 atom stereocenters. The van der Waals surface area contributed by atoms with E-state index in [4.69, 9.17) is 0 Å². The first-order chi connectivity index (χ1) is 12.0. The summed E-state index contributed by atoms with van der Waals surface area (Å²) in [5, 5.41) is 0. The minimum atomic E-state index is -0.339. The van der Waals surface area contributed by atoms with E-state index in [0.29, 0.717) is 36.6 Å². The Morgan fingerprint density at radius 2 is 2.04 bits per heavy atom. The second kappa shape index (κ2) is 7.54. The lowest BCUT2D eigenvalue weighted by Gasteiger charge is -2.29. The predicted molar refractivity (Wildman–Crippen MR) is 94.8 cm³/mol. The molecule has 0 aromatic heterocycles. The molecule has 1 aromatic carbocycles. The van der Waals surface area contributed by atoms with Gasteiger partial charge >= 0.3 is 0 Å². The minimum Gasteiger partial charge on any atom is -0.339 e. The molecule has 5 heteroatoms. The summed E-state index contributed by atoms with van der Waals surface area (Å²) in [4.78, 5) is 29.0. The van der Waals surface area contributed by atoms with Crippen molar-refractivity contribution >= 4 is 11.8 Å². The van der Waals surface area contributed by atoms with Crippen LogP contribution in [0.1, 0.15) is 54.9 Å². The highest BCUT2D eigenvalue weighted by Crippen LogP contribution is 2.32. The minimum absolute atomic E-state index is 0.0936. The monoisotopic (exact) mass is 346 g/mol. The Kier molecular flexibility index (Phi) is 5.40. The van der Waals surface area contributed by atoms with Crippen molar-refractivity contribution in [2.24, 2.45) is 5.92 Å². The van der Waals surface area contributed by atoms with Crippen LogP contribution < -0.4 is 0 Å². The summed E-state index contributed by atoms with van der Waals surface area (Å²) in [7, 11) is 0. The second-order valence-electron chi connectivity index (χ2n) is 7.26. The molecule has 0 bridgehead atoms. The molecule has 136 valence electrons. The van der Waals surface area contributed by atoms with E-state index in [9.17, 15) is 14.0 Å². The maximum atomic E-state index is 13.7. The molecule has 2 heterocycles. The lowest BCUT2D eigenvalue weighted by Crippen LogP contribution is -2.41. The van der Waals surface area contributed by atoms with E-state index in [-0.39, 0.29) is 23.7 Å². The number of benzene rings is 1. The van der Waals surface area contributed by atoms with Crippen LogP contribution in [0.15, 0.2) is 18.2 Å². The maximum absolute atomic E-state index is 13.7. The summed E-state index contributed by atoms with van der Waals surface area (Å²) in [5.74, 6) is 0.148. The van der Waals surface area contributed by atoms with Crippen LogP contribution in [-0.4, -0.2) is 47.3 Å². The molecule has 0 saturated carbocycles. The molecule has 0 aliphatic carbocycles. The fourth-order valence-corrected chi connectivity index (χ4v) is 4.25. The number of nitrogens with zero attached hydrogens (tertiary/aromatic N) is 2. The number of carbonyl (C=O) groups is 2. The number of hydrogen-bond donors (Lipinski definition) is 0. The molecule has 2 unspecified atom stereocenters. The number of rotatable bonds is 4. The van der Waals surface area contributed by atoms with Crippen LogP contribution in [0.3, 0.4) is 0 Å². The van der Waals surface area contributed by atoms with E-state index in [1.807, 2.05) is 16.7 Å². The van der Waals surface area contributed by atoms with Gasteiger partial charge in [-0.15, -0.1) is 0 Å². The zero-order chi connectivity index (χ0) is 18.0. The van der Waals surface area contributed by atoms with Gasteiger partial charge in [0.1, 0.15) is 5.82 Å². The van der Waals surface area contributed by atoms with Crippen LogP contribution in [0.25, 0.3) is 0 Å². The van der Waals surface area contributed by atoms with Gasteiger partial charge in [-0.3, -0.25) is 9.59 Å². The molecule has 0 spiro atoms. The van der Waals surface area contributed by atoms with Gasteiger partial charge < -0.3 is 9.80 Å². The van der Waals surface area contributed by atoms with Crippen LogP contribution in [0.4, 0.5) is 4.39 Å². The van der Waals surface area contributed by atoms with Crippen LogP contribution in [-0.2, 0) is 4.79 Å². The van der Waals surface area contributed by atoms with Gasteiger partial charge in [-0.05, 0) is 56.2 Å². The third-order valence-corrected chi connectivity index (χ3v) is 5.64. The lowest BCUT2D eigenvalue weighted by molar-refractivity contribution is -0.132. The summed E-state index contributed by atoms with van der Waals surface area (Å²) in [5.41, 5.74) is 0.863. The molecule has 2 aliphatic rings. The molecule has 2 fully saturated rings. The number of amides is 2. The van der Waals surface area contributed by atoms with Crippen molar-refractivity contribution < 1.29 is 14.0 Å². The van der Waals surface area contributed by atoms with Gasteiger partial charge in [-0.2, -0.15) is 0 Å². The Labute approximate surface area is 149 Å². The summed E-state index contributed by atoms with van der Waals surface area (Å²) < 4.78 is 13.7. The van der Waals surface area contributed by atoms with Gasteiger partial charge in [0.25, 0.3) is 5.91 Å². The van der Waals surface area contributed by atoms with Crippen molar-refractivity contribution in [1.82, 2.24) is 9.80 Å². The van der Waals surface area contributed by atoms with Gasteiger partial charge in [0.2, 0.25) is 5.91 Å². The van der Waals surface area contributed by atoms with Gasteiger partial charge in [-0.1, -0.05) is 13.0 Å². The molecule has 0 N–H and O–H groups in total. The van der Waals surface area contributed by atoms with Crippen molar-refractivity contribution in [1.29, 1.82) is 0 Å². The number of likely N-dealkylation sites (tertiary alicyclic amines) is 2.